The molecule has 1 unspecified atom stereocenters. The molecule has 0 aliphatic heterocycles. The van der Waals surface area contributed by atoms with Crippen LogP contribution in [0.4, 0.5) is 0 Å². The highest BCUT2D eigenvalue weighted by molar-refractivity contribution is 14.0. The van der Waals surface area contributed by atoms with Gasteiger partial charge in [-0.05, 0) is 50.7 Å². The number of rotatable bonds is 5. The molecule has 0 aliphatic rings. The molecule has 2 aromatic heterocycles. The highest BCUT2D eigenvalue weighted by Crippen LogP contribution is 2.17. The van der Waals surface area contributed by atoms with Gasteiger partial charge in [-0.25, -0.2) is 0 Å². The summed E-state index contributed by atoms with van der Waals surface area (Å²) >= 11 is 3.48. The second-order valence-corrected chi connectivity index (χ2v) is 6.43. The van der Waals surface area contributed by atoms with Crippen molar-refractivity contribution in [1.29, 1.82) is 0 Å². The van der Waals surface area contributed by atoms with Crippen LogP contribution in [-0.4, -0.2) is 31.5 Å². The van der Waals surface area contributed by atoms with Crippen LogP contribution in [0.3, 0.4) is 0 Å². The van der Waals surface area contributed by atoms with Crippen LogP contribution in [0.5, 0.6) is 0 Å². The van der Waals surface area contributed by atoms with Crippen LogP contribution < -0.4 is 5.32 Å². The average molecular weight is 435 g/mol. The summed E-state index contributed by atoms with van der Waals surface area (Å²) in [6.07, 6.45) is 0. The Kier molecular flexibility index (Phi) is 8.28. The lowest BCUT2D eigenvalue weighted by molar-refractivity contribution is 0.474. The van der Waals surface area contributed by atoms with E-state index in [1.807, 2.05) is 7.05 Å². The first-order valence-corrected chi connectivity index (χ1v) is 8.54. The Bertz CT molecular complexity index is 523. The molecule has 0 fully saturated rings. The van der Waals surface area contributed by atoms with Gasteiger partial charge in [-0.1, -0.05) is 6.92 Å². The van der Waals surface area contributed by atoms with Crippen molar-refractivity contribution in [2.24, 2.45) is 4.99 Å². The summed E-state index contributed by atoms with van der Waals surface area (Å²) in [6, 6.07) is 4.34. The summed E-state index contributed by atoms with van der Waals surface area (Å²) < 4.78 is 0. The first-order valence-electron chi connectivity index (χ1n) is 6.65. The van der Waals surface area contributed by atoms with Gasteiger partial charge >= 0.3 is 0 Å². The highest BCUT2D eigenvalue weighted by Gasteiger charge is 2.10. The van der Waals surface area contributed by atoms with Crippen molar-refractivity contribution in [3.63, 3.8) is 0 Å². The van der Waals surface area contributed by atoms with Gasteiger partial charge in [0, 0.05) is 27.2 Å². The Morgan fingerprint density at radius 2 is 2.00 bits per heavy atom. The van der Waals surface area contributed by atoms with Crippen molar-refractivity contribution in [1.82, 2.24) is 10.2 Å². The van der Waals surface area contributed by atoms with E-state index >= 15 is 0 Å². The van der Waals surface area contributed by atoms with Gasteiger partial charge in [0.2, 0.25) is 0 Å². The number of nitrogens with one attached hydrogen (secondary N) is 1. The molecule has 1 N–H and O–H groups in total. The van der Waals surface area contributed by atoms with Crippen molar-refractivity contribution in [3.8, 4) is 0 Å². The summed E-state index contributed by atoms with van der Waals surface area (Å²) in [4.78, 5) is 6.51. The van der Waals surface area contributed by atoms with Crippen LogP contribution in [-0.2, 0) is 6.54 Å². The van der Waals surface area contributed by atoms with Crippen molar-refractivity contribution in [2.75, 3.05) is 20.6 Å². The molecule has 116 valence electrons. The van der Waals surface area contributed by atoms with E-state index in [-0.39, 0.29) is 24.0 Å². The Hall–Kier alpha value is -0.600. The lowest BCUT2D eigenvalue weighted by Gasteiger charge is -2.23. The van der Waals surface area contributed by atoms with E-state index < -0.39 is 0 Å². The van der Waals surface area contributed by atoms with Crippen LogP contribution in [0.25, 0.3) is 0 Å². The molecular weight excluding hydrogens is 413 g/mol. The van der Waals surface area contributed by atoms with E-state index in [0.717, 1.165) is 19.0 Å². The first-order chi connectivity index (χ1) is 9.70. The smallest absolute Gasteiger partial charge is 0.193 e. The monoisotopic (exact) mass is 435 g/mol. The van der Waals surface area contributed by atoms with E-state index in [1.54, 1.807) is 22.7 Å². The fourth-order valence-corrected chi connectivity index (χ4v) is 3.48. The summed E-state index contributed by atoms with van der Waals surface area (Å²) in [7, 11) is 3.91. The Balaban J connectivity index is 0.00000220. The molecule has 0 aliphatic carbocycles. The van der Waals surface area contributed by atoms with Crippen LogP contribution in [0.15, 0.2) is 38.6 Å². The van der Waals surface area contributed by atoms with Crippen molar-refractivity contribution < 1.29 is 0 Å². The molecule has 0 bridgehead atoms. The number of hydrogen-bond acceptors (Lipinski definition) is 3. The summed E-state index contributed by atoms with van der Waals surface area (Å²) in [5.41, 5.74) is 2.71. The topological polar surface area (TPSA) is 27.6 Å². The molecule has 6 heteroatoms. The van der Waals surface area contributed by atoms with Gasteiger partial charge in [-0.2, -0.15) is 22.7 Å². The molecule has 1 atom stereocenters. The van der Waals surface area contributed by atoms with Gasteiger partial charge < -0.3 is 10.2 Å². The standard InChI is InChI=1S/C15H21N3S2.HI/c1-12(14-5-7-20-11-14)8-17-15(16-2)18(3)9-13-4-6-19-10-13;/h4-7,10-12H,8-9H2,1-3H3,(H,16,17);1H. The molecule has 21 heavy (non-hydrogen) atoms. The van der Waals surface area contributed by atoms with Crippen LogP contribution >= 0.6 is 46.7 Å². The van der Waals surface area contributed by atoms with Gasteiger partial charge in [-0.15, -0.1) is 24.0 Å². The van der Waals surface area contributed by atoms with Gasteiger partial charge in [-0.3, -0.25) is 4.99 Å². The Labute approximate surface area is 152 Å². The van der Waals surface area contributed by atoms with Crippen LogP contribution in [0.1, 0.15) is 24.0 Å². The van der Waals surface area contributed by atoms with Crippen molar-refractivity contribution in [2.45, 2.75) is 19.4 Å². The predicted molar refractivity (Wildman–Crippen MR) is 105 cm³/mol. The predicted octanol–water partition coefficient (Wildman–Crippen LogP) is 4.24. The summed E-state index contributed by atoms with van der Waals surface area (Å²) in [5, 5.41) is 12.1. The van der Waals surface area contributed by atoms with Gasteiger partial charge in [0.15, 0.2) is 5.96 Å². The quantitative estimate of drug-likeness (QED) is 0.432. The molecular formula is C15H22IN3S2. The van der Waals surface area contributed by atoms with E-state index in [1.165, 1.54) is 11.1 Å². The Morgan fingerprint density at radius 3 is 2.57 bits per heavy atom. The molecule has 0 aromatic carbocycles. The minimum absolute atomic E-state index is 0. The SMILES string of the molecule is CN=C(NCC(C)c1ccsc1)N(C)Cc1ccsc1.I. The van der Waals surface area contributed by atoms with E-state index in [4.69, 9.17) is 0 Å². The summed E-state index contributed by atoms with van der Waals surface area (Å²) in [5.74, 6) is 1.44. The fraction of sp³-hybridized carbons (Fsp3) is 0.400. The van der Waals surface area contributed by atoms with Crippen LogP contribution in [0.2, 0.25) is 0 Å². The Morgan fingerprint density at radius 1 is 1.29 bits per heavy atom. The number of nitrogens with zero attached hydrogens (tertiary/aromatic N) is 2. The summed E-state index contributed by atoms with van der Waals surface area (Å²) in [6.45, 7) is 4.02. The van der Waals surface area contributed by atoms with Gasteiger partial charge in [0.1, 0.15) is 0 Å². The third kappa shape index (κ3) is 5.60. The molecule has 2 aromatic rings. The minimum atomic E-state index is 0. The normalized spacial score (nSPS) is 12.6. The maximum Gasteiger partial charge on any atom is 0.193 e. The molecule has 0 saturated heterocycles. The second kappa shape index (κ2) is 9.42. The maximum atomic E-state index is 4.36. The lowest BCUT2D eigenvalue weighted by atomic mass is 10.1. The molecule has 2 heterocycles. The van der Waals surface area contributed by atoms with E-state index in [9.17, 15) is 0 Å². The molecule has 0 amide bonds. The molecule has 0 radical (unpaired) electrons. The first kappa shape index (κ1) is 18.4. The number of guanidine groups is 1. The largest absolute Gasteiger partial charge is 0.356 e. The zero-order valence-electron chi connectivity index (χ0n) is 12.6. The number of halogens is 1. The zero-order chi connectivity index (χ0) is 14.4. The van der Waals surface area contributed by atoms with E-state index in [0.29, 0.717) is 5.92 Å². The maximum absolute atomic E-state index is 4.36. The second-order valence-electron chi connectivity index (χ2n) is 4.87. The third-order valence-corrected chi connectivity index (χ3v) is 4.69. The number of thiophene rings is 2. The minimum Gasteiger partial charge on any atom is -0.356 e. The zero-order valence-corrected chi connectivity index (χ0v) is 16.5. The third-order valence-electron chi connectivity index (χ3n) is 3.25. The van der Waals surface area contributed by atoms with Crippen molar-refractivity contribution >= 4 is 52.6 Å². The molecule has 2 rings (SSSR count). The molecule has 3 nitrogen and oxygen atoms in total. The lowest BCUT2D eigenvalue weighted by Crippen LogP contribution is -2.39. The molecule has 0 spiro atoms. The van der Waals surface area contributed by atoms with Gasteiger partial charge in [0.05, 0.1) is 0 Å². The van der Waals surface area contributed by atoms with E-state index in [2.05, 4.69) is 62.8 Å². The number of aliphatic imine (C=N–C) groups is 1. The van der Waals surface area contributed by atoms with Crippen molar-refractivity contribution in [3.05, 3.63) is 44.8 Å². The number of hydrogen-bond donors (Lipinski definition) is 1. The highest BCUT2D eigenvalue weighted by atomic mass is 127. The fourth-order valence-electron chi connectivity index (χ4n) is 2.03. The average Bonchev–Trinajstić information content (AvgIpc) is 3.12. The van der Waals surface area contributed by atoms with Gasteiger partial charge in [0.25, 0.3) is 0 Å². The molecule has 0 saturated carbocycles. The van der Waals surface area contributed by atoms with Crippen LogP contribution in [0, 0.1) is 0 Å².